The lowest BCUT2D eigenvalue weighted by Crippen LogP contribution is -2.03. The third-order valence-corrected chi connectivity index (χ3v) is 1.78. The summed E-state index contributed by atoms with van der Waals surface area (Å²) in [4.78, 5) is 0. The monoisotopic (exact) mass is 159 g/mol. The summed E-state index contributed by atoms with van der Waals surface area (Å²) in [6, 6.07) is 2.16. The van der Waals surface area contributed by atoms with Gasteiger partial charge >= 0.3 is 0 Å². The molecule has 1 aliphatic carbocycles. The molecule has 0 N–H and O–H groups in total. The molecule has 0 aromatic carbocycles. The van der Waals surface area contributed by atoms with Crippen molar-refractivity contribution in [3.05, 3.63) is 35.5 Å². The van der Waals surface area contributed by atoms with Crippen molar-refractivity contribution >= 4 is 0 Å². The third-order valence-electron chi connectivity index (χ3n) is 1.78. The fourth-order valence-corrected chi connectivity index (χ4v) is 1.42. The van der Waals surface area contributed by atoms with Crippen LogP contribution < -0.4 is 0 Å². The van der Waals surface area contributed by atoms with Crippen molar-refractivity contribution in [3.63, 3.8) is 0 Å². The summed E-state index contributed by atoms with van der Waals surface area (Å²) in [5.74, 6) is 0. The van der Waals surface area contributed by atoms with Gasteiger partial charge in [-0.3, -0.25) is 0 Å². The molecule has 1 nitrogen and oxygen atoms in total. The van der Waals surface area contributed by atoms with Crippen LogP contribution in [0.5, 0.6) is 0 Å². The van der Waals surface area contributed by atoms with Gasteiger partial charge in [0.15, 0.2) is 0 Å². The summed E-state index contributed by atoms with van der Waals surface area (Å²) >= 11 is 0. The fourth-order valence-electron chi connectivity index (χ4n) is 1.42. The highest BCUT2D eigenvalue weighted by Crippen LogP contribution is 2.26. The normalized spacial score (nSPS) is 20.5. The molecule has 0 saturated carbocycles. The molecule has 0 aromatic rings. The Labute approximate surface area is 73.7 Å². The van der Waals surface area contributed by atoms with E-state index in [1.54, 1.807) is 0 Å². The van der Waals surface area contributed by atoms with Crippen molar-refractivity contribution < 1.29 is 0 Å². The van der Waals surface area contributed by atoms with Gasteiger partial charge in [-0.15, -0.1) is 0 Å². The first-order valence-corrected chi connectivity index (χ1v) is 4.04. The van der Waals surface area contributed by atoms with Crippen LogP contribution in [0.1, 0.15) is 20.8 Å². The maximum atomic E-state index is 8.74. The third kappa shape index (κ3) is 2.10. The van der Waals surface area contributed by atoms with Gasteiger partial charge in [0.2, 0.25) is 0 Å². The van der Waals surface area contributed by atoms with Gasteiger partial charge in [-0.05, 0) is 13.0 Å². The molecule has 12 heavy (non-hydrogen) atoms. The molecule has 0 radical (unpaired) electrons. The first kappa shape index (κ1) is 8.80. The zero-order valence-electron chi connectivity index (χ0n) is 7.76. The molecule has 0 spiro atoms. The molecule has 0 bridgehead atoms. The van der Waals surface area contributed by atoms with Gasteiger partial charge in [0.05, 0.1) is 6.07 Å². The highest BCUT2D eigenvalue weighted by Gasteiger charge is 2.13. The second kappa shape index (κ2) is 2.98. The van der Waals surface area contributed by atoms with E-state index in [-0.39, 0.29) is 5.41 Å². The minimum Gasteiger partial charge on any atom is -0.192 e. The molecule has 1 rings (SSSR count). The minimum absolute atomic E-state index is 0.00134. The van der Waals surface area contributed by atoms with Gasteiger partial charge in [-0.1, -0.05) is 37.6 Å². The molecule has 0 fully saturated rings. The second-order valence-electron chi connectivity index (χ2n) is 3.75. The van der Waals surface area contributed by atoms with Crippen molar-refractivity contribution in [1.29, 1.82) is 5.26 Å². The van der Waals surface area contributed by atoms with E-state index in [0.717, 1.165) is 5.57 Å². The zero-order chi connectivity index (χ0) is 9.19. The largest absolute Gasteiger partial charge is 0.192 e. The summed E-state index contributed by atoms with van der Waals surface area (Å²) in [6.45, 7) is 6.24. The maximum Gasteiger partial charge on any atom is 0.0988 e. The van der Waals surface area contributed by atoms with Crippen molar-refractivity contribution in [2.75, 3.05) is 0 Å². The lowest BCUT2D eigenvalue weighted by molar-refractivity contribution is 0.621. The van der Waals surface area contributed by atoms with Crippen molar-refractivity contribution in [3.8, 4) is 6.07 Å². The topological polar surface area (TPSA) is 23.8 Å². The Kier molecular flexibility index (Phi) is 2.19. The van der Waals surface area contributed by atoms with Crippen LogP contribution >= 0.6 is 0 Å². The zero-order valence-corrected chi connectivity index (χ0v) is 7.76. The first-order valence-electron chi connectivity index (χ1n) is 4.04. The fraction of sp³-hybridized carbons (Fsp3) is 0.364. The van der Waals surface area contributed by atoms with Crippen LogP contribution in [0.3, 0.4) is 0 Å². The van der Waals surface area contributed by atoms with Gasteiger partial charge in [-0.2, -0.15) is 5.26 Å². The Morgan fingerprint density at radius 2 is 1.92 bits per heavy atom. The highest BCUT2D eigenvalue weighted by atomic mass is 14.3. The number of allylic oxidation sites excluding steroid dienone is 6. The minimum atomic E-state index is -0.00134. The Morgan fingerprint density at radius 1 is 1.25 bits per heavy atom. The Bertz CT molecular complexity index is 308. The van der Waals surface area contributed by atoms with Crippen LogP contribution in [0.15, 0.2) is 35.5 Å². The van der Waals surface area contributed by atoms with Crippen LogP contribution in [0.25, 0.3) is 0 Å². The number of hydrogen-bond acceptors (Lipinski definition) is 1. The van der Waals surface area contributed by atoms with Crippen LogP contribution in [0, 0.1) is 16.7 Å². The van der Waals surface area contributed by atoms with Gasteiger partial charge in [0.25, 0.3) is 0 Å². The average molecular weight is 159 g/mol. The molecule has 0 amide bonds. The van der Waals surface area contributed by atoms with E-state index in [9.17, 15) is 0 Å². The van der Waals surface area contributed by atoms with Gasteiger partial charge < -0.3 is 0 Å². The molecule has 1 aliphatic rings. The van der Waals surface area contributed by atoms with E-state index in [0.29, 0.717) is 0 Å². The lowest BCUT2D eigenvalue weighted by Gasteiger charge is -2.14. The van der Waals surface area contributed by atoms with Crippen LogP contribution in [0.2, 0.25) is 0 Å². The molecule has 0 atom stereocenters. The van der Waals surface area contributed by atoms with Crippen LogP contribution in [-0.4, -0.2) is 0 Å². The summed E-state index contributed by atoms with van der Waals surface area (Å²) in [7, 11) is 0. The Morgan fingerprint density at radius 3 is 2.50 bits per heavy atom. The molecular formula is C11H13N. The SMILES string of the molecule is CC1=CC(C)(C)C=C(C#N)C=C1. The summed E-state index contributed by atoms with van der Waals surface area (Å²) in [5, 5.41) is 8.74. The average Bonchev–Trinajstić information content (AvgIpc) is 2.07. The maximum absolute atomic E-state index is 8.74. The predicted octanol–water partition coefficient (Wildman–Crippen LogP) is 2.98. The summed E-state index contributed by atoms with van der Waals surface area (Å²) in [5.41, 5.74) is 1.95. The molecule has 62 valence electrons. The van der Waals surface area contributed by atoms with E-state index < -0.39 is 0 Å². The van der Waals surface area contributed by atoms with Crippen LogP contribution in [0.4, 0.5) is 0 Å². The van der Waals surface area contributed by atoms with Crippen LogP contribution in [-0.2, 0) is 0 Å². The number of hydrogen-bond donors (Lipinski definition) is 0. The van der Waals surface area contributed by atoms with Crippen molar-refractivity contribution in [2.24, 2.45) is 5.41 Å². The number of rotatable bonds is 0. The summed E-state index contributed by atoms with van der Waals surface area (Å²) < 4.78 is 0. The van der Waals surface area contributed by atoms with E-state index in [4.69, 9.17) is 5.26 Å². The summed E-state index contributed by atoms with van der Waals surface area (Å²) in [6.07, 6.45) is 7.98. The highest BCUT2D eigenvalue weighted by molar-refractivity contribution is 5.41. The second-order valence-corrected chi connectivity index (χ2v) is 3.75. The molecule has 0 unspecified atom stereocenters. The molecule has 0 aliphatic heterocycles. The standard InChI is InChI=1S/C11H13N/c1-9-4-5-10(8-12)7-11(2,3)6-9/h4-7H,1-3H3. The number of nitrogens with zero attached hydrogens (tertiary/aromatic N) is 1. The van der Waals surface area contributed by atoms with Crippen molar-refractivity contribution in [1.82, 2.24) is 0 Å². The Balaban J connectivity index is 3.11. The van der Waals surface area contributed by atoms with Gasteiger partial charge in [0, 0.05) is 11.0 Å². The molecule has 0 aromatic heterocycles. The van der Waals surface area contributed by atoms with Gasteiger partial charge in [0.1, 0.15) is 0 Å². The molecule has 1 heteroatoms. The van der Waals surface area contributed by atoms with E-state index in [1.165, 1.54) is 5.57 Å². The predicted molar refractivity (Wildman–Crippen MR) is 50.4 cm³/mol. The van der Waals surface area contributed by atoms with Crippen molar-refractivity contribution in [2.45, 2.75) is 20.8 Å². The smallest absolute Gasteiger partial charge is 0.0988 e. The van der Waals surface area contributed by atoms with E-state index in [2.05, 4.69) is 26.0 Å². The Hall–Kier alpha value is -1.29. The molecule has 0 heterocycles. The van der Waals surface area contributed by atoms with E-state index >= 15 is 0 Å². The van der Waals surface area contributed by atoms with E-state index in [1.807, 2.05) is 25.2 Å². The first-order chi connectivity index (χ1) is 5.53. The quantitative estimate of drug-likeness (QED) is 0.533. The lowest BCUT2D eigenvalue weighted by atomic mass is 9.90. The molecule has 0 saturated heterocycles. The molecular weight excluding hydrogens is 146 g/mol. The number of nitriles is 1. The van der Waals surface area contributed by atoms with Gasteiger partial charge in [-0.25, -0.2) is 0 Å².